The summed E-state index contributed by atoms with van der Waals surface area (Å²) >= 11 is 7.72. The molecule has 0 unspecified atom stereocenters. The molecule has 1 fully saturated rings. The van der Waals surface area contributed by atoms with E-state index in [0.29, 0.717) is 13.1 Å². The average molecular weight is 386 g/mol. The van der Waals surface area contributed by atoms with Crippen molar-refractivity contribution in [1.29, 1.82) is 0 Å². The van der Waals surface area contributed by atoms with E-state index in [1.807, 2.05) is 49.1 Å². The maximum atomic E-state index is 12.8. The fraction of sp³-hybridized carbons (Fsp3) is 0.300. The van der Waals surface area contributed by atoms with Crippen LogP contribution in [0.2, 0.25) is 5.02 Å². The molecule has 0 N–H and O–H groups in total. The number of carbonyl (C=O) groups is 1. The van der Waals surface area contributed by atoms with E-state index in [4.69, 9.17) is 16.6 Å². The van der Waals surface area contributed by atoms with Crippen LogP contribution in [-0.2, 0) is 0 Å². The molecule has 0 saturated carbocycles. The first kappa shape index (κ1) is 17.3. The fourth-order valence-electron chi connectivity index (χ4n) is 3.40. The Hall–Kier alpha value is -2.11. The molecule has 0 aliphatic carbocycles. The van der Waals surface area contributed by atoms with Gasteiger partial charge in [-0.05, 0) is 44.2 Å². The number of fused-ring (bicyclic) bond motifs is 1. The molecule has 4 rings (SSSR count). The van der Waals surface area contributed by atoms with Crippen molar-refractivity contribution in [3.05, 3.63) is 58.1 Å². The summed E-state index contributed by atoms with van der Waals surface area (Å²) in [5.41, 5.74) is 4.01. The third kappa shape index (κ3) is 3.41. The molecule has 3 aromatic rings. The first-order valence-electron chi connectivity index (χ1n) is 8.68. The minimum atomic E-state index is 0.118. The second kappa shape index (κ2) is 6.89. The highest BCUT2D eigenvalue weighted by molar-refractivity contribution is 7.22. The summed E-state index contributed by atoms with van der Waals surface area (Å²) in [5.74, 6) is 0.118. The third-order valence-electron chi connectivity index (χ3n) is 4.65. The van der Waals surface area contributed by atoms with E-state index >= 15 is 0 Å². The number of thiazole rings is 1. The van der Waals surface area contributed by atoms with Gasteiger partial charge in [0, 0.05) is 36.8 Å². The third-order valence-corrected chi connectivity index (χ3v) is 5.96. The number of anilines is 1. The van der Waals surface area contributed by atoms with Crippen molar-refractivity contribution in [3.63, 3.8) is 0 Å². The van der Waals surface area contributed by atoms with Crippen LogP contribution in [0.15, 0.2) is 36.4 Å². The Morgan fingerprint density at radius 1 is 1.04 bits per heavy atom. The largest absolute Gasteiger partial charge is 0.345 e. The lowest BCUT2D eigenvalue weighted by atomic mass is 10.1. The number of hydrogen-bond acceptors (Lipinski definition) is 4. The summed E-state index contributed by atoms with van der Waals surface area (Å²) in [6, 6.07) is 11.8. The number of aryl methyl sites for hydroxylation is 2. The van der Waals surface area contributed by atoms with Crippen LogP contribution in [0, 0.1) is 13.8 Å². The lowest BCUT2D eigenvalue weighted by Crippen LogP contribution is -2.48. The van der Waals surface area contributed by atoms with Crippen molar-refractivity contribution in [2.24, 2.45) is 0 Å². The molecule has 1 aliphatic heterocycles. The normalized spacial score (nSPS) is 14.9. The molecular formula is C20H20ClN3OS. The zero-order valence-electron chi connectivity index (χ0n) is 14.8. The summed E-state index contributed by atoms with van der Waals surface area (Å²) < 4.78 is 1.10. The van der Waals surface area contributed by atoms with Gasteiger partial charge in [0.1, 0.15) is 0 Å². The monoisotopic (exact) mass is 385 g/mol. The quantitative estimate of drug-likeness (QED) is 0.650. The van der Waals surface area contributed by atoms with Crippen molar-refractivity contribution in [1.82, 2.24) is 9.88 Å². The Morgan fingerprint density at radius 3 is 2.42 bits per heavy atom. The van der Waals surface area contributed by atoms with Gasteiger partial charge in [-0.2, -0.15) is 0 Å². The van der Waals surface area contributed by atoms with E-state index in [0.717, 1.165) is 50.2 Å². The van der Waals surface area contributed by atoms with E-state index in [1.54, 1.807) is 11.3 Å². The highest BCUT2D eigenvalue weighted by Crippen LogP contribution is 2.31. The number of piperazine rings is 1. The molecule has 26 heavy (non-hydrogen) atoms. The number of nitrogens with zero attached hydrogens (tertiary/aromatic N) is 3. The summed E-state index contributed by atoms with van der Waals surface area (Å²) in [6.07, 6.45) is 0. The van der Waals surface area contributed by atoms with Crippen LogP contribution < -0.4 is 4.90 Å². The second-order valence-electron chi connectivity index (χ2n) is 6.76. The molecule has 0 spiro atoms. The Morgan fingerprint density at radius 2 is 1.73 bits per heavy atom. The zero-order chi connectivity index (χ0) is 18.3. The van der Waals surface area contributed by atoms with Crippen LogP contribution in [0.25, 0.3) is 10.2 Å². The number of aromatic nitrogens is 1. The summed E-state index contributed by atoms with van der Waals surface area (Å²) in [7, 11) is 0. The molecule has 0 atom stereocenters. The number of halogens is 1. The molecule has 0 bridgehead atoms. The highest BCUT2D eigenvalue weighted by atomic mass is 35.5. The van der Waals surface area contributed by atoms with E-state index in [-0.39, 0.29) is 5.91 Å². The van der Waals surface area contributed by atoms with Gasteiger partial charge in [-0.1, -0.05) is 40.1 Å². The minimum Gasteiger partial charge on any atom is -0.345 e. The molecule has 1 amide bonds. The van der Waals surface area contributed by atoms with Gasteiger partial charge in [0.05, 0.1) is 10.2 Å². The number of benzene rings is 2. The number of amides is 1. The van der Waals surface area contributed by atoms with Crippen LogP contribution in [0.5, 0.6) is 0 Å². The molecule has 4 nitrogen and oxygen atoms in total. The summed E-state index contributed by atoms with van der Waals surface area (Å²) in [4.78, 5) is 21.7. The molecule has 2 heterocycles. The van der Waals surface area contributed by atoms with E-state index < -0.39 is 0 Å². The van der Waals surface area contributed by atoms with Gasteiger partial charge in [-0.25, -0.2) is 4.98 Å². The Labute approximate surface area is 162 Å². The number of carbonyl (C=O) groups excluding carboxylic acids is 1. The van der Waals surface area contributed by atoms with Crippen LogP contribution in [-0.4, -0.2) is 42.0 Å². The summed E-state index contributed by atoms with van der Waals surface area (Å²) in [5, 5.41) is 1.73. The van der Waals surface area contributed by atoms with E-state index in [2.05, 4.69) is 11.0 Å². The SMILES string of the molecule is Cc1cc(C)cc(C(=O)N2CCN(c3nc4ccc(Cl)cc4s3)CC2)c1. The highest BCUT2D eigenvalue weighted by Gasteiger charge is 2.24. The second-order valence-corrected chi connectivity index (χ2v) is 8.21. The Bertz CT molecular complexity index is 956. The van der Waals surface area contributed by atoms with Gasteiger partial charge in [0.15, 0.2) is 5.13 Å². The van der Waals surface area contributed by atoms with Crippen LogP contribution >= 0.6 is 22.9 Å². The van der Waals surface area contributed by atoms with E-state index in [1.165, 1.54) is 0 Å². The van der Waals surface area contributed by atoms with Crippen molar-refractivity contribution < 1.29 is 4.79 Å². The molecule has 0 radical (unpaired) electrons. The first-order valence-corrected chi connectivity index (χ1v) is 9.88. The van der Waals surface area contributed by atoms with Crippen molar-refractivity contribution in [2.75, 3.05) is 31.1 Å². The number of rotatable bonds is 2. The zero-order valence-corrected chi connectivity index (χ0v) is 16.4. The standard InChI is InChI=1S/C20H20ClN3OS/c1-13-9-14(2)11-15(10-13)19(25)23-5-7-24(8-6-23)20-22-17-4-3-16(21)12-18(17)26-20/h3-4,9-12H,5-8H2,1-2H3. The maximum Gasteiger partial charge on any atom is 0.253 e. The van der Waals surface area contributed by atoms with Crippen molar-refractivity contribution >= 4 is 44.2 Å². The van der Waals surface area contributed by atoms with Crippen LogP contribution in [0.4, 0.5) is 5.13 Å². The predicted octanol–water partition coefficient (Wildman–Crippen LogP) is 4.53. The van der Waals surface area contributed by atoms with Crippen molar-refractivity contribution in [3.8, 4) is 0 Å². The number of hydrogen-bond donors (Lipinski definition) is 0. The van der Waals surface area contributed by atoms with Crippen LogP contribution in [0.1, 0.15) is 21.5 Å². The smallest absolute Gasteiger partial charge is 0.253 e. The lowest BCUT2D eigenvalue weighted by Gasteiger charge is -2.34. The average Bonchev–Trinajstić information content (AvgIpc) is 3.03. The van der Waals surface area contributed by atoms with Gasteiger partial charge < -0.3 is 9.80 Å². The lowest BCUT2D eigenvalue weighted by molar-refractivity contribution is 0.0746. The molecule has 134 valence electrons. The fourth-order valence-corrected chi connectivity index (χ4v) is 4.70. The maximum absolute atomic E-state index is 12.8. The molecule has 6 heteroatoms. The topological polar surface area (TPSA) is 36.4 Å². The molecule has 1 aliphatic rings. The van der Waals surface area contributed by atoms with Crippen molar-refractivity contribution in [2.45, 2.75) is 13.8 Å². The first-order chi connectivity index (χ1) is 12.5. The predicted molar refractivity (Wildman–Crippen MR) is 109 cm³/mol. The van der Waals surface area contributed by atoms with E-state index in [9.17, 15) is 4.79 Å². The molecule has 2 aromatic carbocycles. The van der Waals surface area contributed by atoms with Gasteiger partial charge in [-0.15, -0.1) is 0 Å². The van der Waals surface area contributed by atoms with Gasteiger partial charge in [-0.3, -0.25) is 4.79 Å². The van der Waals surface area contributed by atoms with Gasteiger partial charge >= 0.3 is 0 Å². The molecular weight excluding hydrogens is 366 g/mol. The molecule has 1 aromatic heterocycles. The Balaban J connectivity index is 1.47. The Kier molecular flexibility index (Phi) is 4.59. The summed E-state index contributed by atoms with van der Waals surface area (Å²) in [6.45, 7) is 7.07. The molecule has 1 saturated heterocycles. The van der Waals surface area contributed by atoms with Crippen LogP contribution in [0.3, 0.4) is 0 Å². The van der Waals surface area contributed by atoms with Gasteiger partial charge in [0.2, 0.25) is 0 Å². The minimum absolute atomic E-state index is 0.118. The van der Waals surface area contributed by atoms with Gasteiger partial charge in [0.25, 0.3) is 5.91 Å².